The van der Waals surface area contributed by atoms with Crippen LogP contribution < -0.4 is 10.2 Å². The zero-order valence-electron chi connectivity index (χ0n) is 21.7. The summed E-state index contributed by atoms with van der Waals surface area (Å²) in [6.45, 7) is 4.33. The van der Waals surface area contributed by atoms with Gasteiger partial charge in [-0.15, -0.1) is 0 Å². The third-order valence-corrected chi connectivity index (χ3v) is 7.68. The minimum atomic E-state index is -3.04. The molecular weight excluding hydrogens is 561 g/mol. The van der Waals surface area contributed by atoms with Crippen LogP contribution in [0.15, 0.2) is 43.1 Å². The van der Waals surface area contributed by atoms with Crippen molar-refractivity contribution in [2.45, 2.75) is 32.7 Å². The van der Waals surface area contributed by atoms with E-state index in [0.717, 1.165) is 24.1 Å². The van der Waals surface area contributed by atoms with Crippen molar-refractivity contribution in [3.63, 3.8) is 0 Å². The molecule has 1 saturated heterocycles. The lowest BCUT2D eigenvalue weighted by atomic mass is 10.0. The second-order valence-corrected chi connectivity index (χ2v) is 10.4. The largest absolute Gasteiger partial charge is 0.318 e. The van der Waals surface area contributed by atoms with Crippen molar-refractivity contribution >= 4 is 35.1 Å². The maximum atomic E-state index is 14.9. The Bertz CT molecular complexity index is 1700. The highest BCUT2D eigenvalue weighted by atomic mass is 35.5. The molecule has 1 N–H and O–H groups in total. The molecule has 2 fully saturated rings. The number of aromatic nitrogens is 6. The van der Waals surface area contributed by atoms with E-state index < -0.39 is 34.3 Å². The summed E-state index contributed by atoms with van der Waals surface area (Å²) in [7, 11) is 0. The van der Waals surface area contributed by atoms with Gasteiger partial charge in [0.15, 0.2) is 11.5 Å². The van der Waals surface area contributed by atoms with Crippen LogP contribution in [0.4, 0.5) is 24.8 Å². The number of anilines is 2. The van der Waals surface area contributed by atoms with E-state index in [-0.39, 0.29) is 34.9 Å². The molecule has 10 nitrogen and oxygen atoms in total. The van der Waals surface area contributed by atoms with Crippen LogP contribution in [0.2, 0.25) is 5.02 Å². The van der Waals surface area contributed by atoms with Crippen LogP contribution in [0.3, 0.4) is 0 Å². The fraction of sp³-hybridized carbons (Fsp3) is 0.296. The maximum absolute atomic E-state index is 14.9. The number of aryl methyl sites for hydroxylation is 1. The number of nitrogens with one attached hydrogen (secondary N) is 1. The summed E-state index contributed by atoms with van der Waals surface area (Å²) in [5, 5.41) is 6.53. The van der Waals surface area contributed by atoms with Gasteiger partial charge in [0, 0.05) is 59.6 Å². The first-order valence-corrected chi connectivity index (χ1v) is 13.1. The normalized spacial score (nSPS) is 18.5. The minimum absolute atomic E-state index is 0.0671. The highest BCUT2D eigenvalue weighted by Crippen LogP contribution is 2.46. The molecule has 1 aromatic carbocycles. The highest BCUT2D eigenvalue weighted by molar-refractivity contribution is 6.31. The predicted octanol–water partition coefficient (Wildman–Crippen LogP) is 5.01. The quantitative estimate of drug-likeness (QED) is 0.325. The fourth-order valence-electron chi connectivity index (χ4n) is 5.08. The second-order valence-electron chi connectivity index (χ2n) is 9.98. The Balaban J connectivity index is 1.22. The van der Waals surface area contributed by atoms with Crippen molar-refractivity contribution in [1.82, 2.24) is 29.7 Å². The molecule has 2 amide bonds. The SMILES string of the molecule is Cc1nc(N2C[C@H]3C[C@H]3C2=O)ncc1[C@H](C)n1cc(NC(=O)c2nccnc2-c2c(C(F)F)ccc(Cl)c2F)cn1. The predicted molar refractivity (Wildman–Crippen MR) is 142 cm³/mol. The molecule has 41 heavy (non-hydrogen) atoms. The number of benzene rings is 1. The van der Waals surface area contributed by atoms with Crippen molar-refractivity contribution in [3.05, 3.63) is 76.5 Å². The molecule has 0 unspecified atom stereocenters. The number of carbonyl (C=O) groups excluding carboxylic acids is 2. The smallest absolute Gasteiger partial charge is 0.276 e. The lowest BCUT2D eigenvalue weighted by molar-refractivity contribution is -0.118. The Morgan fingerprint density at radius 1 is 1.15 bits per heavy atom. The number of amides is 2. The fourth-order valence-corrected chi connectivity index (χ4v) is 5.24. The molecule has 4 heterocycles. The van der Waals surface area contributed by atoms with Crippen molar-refractivity contribution in [3.8, 4) is 11.3 Å². The third-order valence-electron chi connectivity index (χ3n) is 7.39. The molecule has 2 aliphatic rings. The van der Waals surface area contributed by atoms with E-state index in [1.54, 1.807) is 22.0 Å². The zero-order chi connectivity index (χ0) is 29.0. The van der Waals surface area contributed by atoms with Crippen molar-refractivity contribution < 1.29 is 22.8 Å². The number of hydrogen-bond donors (Lipinski definition) is 1. The topological polar surface area (TPSA) is 119 Å². The Kier molecular flexibility index (Phi) is 6.68. The first-order chi connectivity index (χ1) is 19.6. The molecule has 6 rings (SSSR count). The number of fused-ring (bicyclic) bond motifs is 1. The summed E-state index contributed by atoms with van der Waals surface area (Å²) in [5.41, 5.74) is -0.290. The molecule has 3 atom stereocenters. The van der Waals surface area contributed by atoms with E-state index >= 15 is 0 Å². The molecule has 1 aliphatic heterocycles. The highest BCUT2D eigenvalue weighted by Gasteiger charge is 2.53. The van der Waals surface area contributed by atoms with Gasteiger partial charge in [0.2, 0.25) is 11.9 Å². The van der Waals surface area contributed by atoms with E-state index in [1.807, 2.05) is 13.8 Å². The number of carbonyl (C=O) groups is 2. The summed E-state index contributed by atoms with van der Waals surface area (Å²) >= 11 is 5.85. The zero-order valence-corrected chi connectivity index (χ0v) is 22.5. The van der Waals surface area contributed by atoms with Gasteiger partial charge in [-0.1, -0.05) is 17.7 Å². The summed E-state index contributed by atoms with van der Waals surface area (Å²) in [6.07, 6.45) is 4.87. The van der Waals surface area contributed by atoms with Crippen LogP contribution in [-0.4, -0.2) is 48.1 Å². The van der Waals surface area contributed by atoms with Gasteiger partial charge in [0.1, 0.15) is 5.69 Å². The van der Waals surface area contributed by atoms with Gasteiger partial charge >= 0.3 is 0 Å². The molecule has 1 aliphatic carbocycles. The van der Waals surface area contributed by atoms with Crippen molar-refractivity contribution in [2.75, 3.05) is 16.8 Å². The van der Waals surface area contributed by atoms with Crippen LogP contribution >= 0.6 is 11.6 Å². The van der Waals surface area contributed by atoms with E-state index in [0.29, 0.717) is 24.1 Å². The molecule has 0 spiro atoms. The third kappa shape index (κ3) is 4.79. The average Bonchev–Trinajstić information content (AvgIpc) is 3.45. The van der Waals surface area contributed by atoms with Gasteiger partial charge in [-0.05, 0) is 32.3 Å². The van der Waals surface area contributed by atoms with E-state index in [2.05, 4.69) is 30.4 Å². The van der Waals surface area contributed by atoms with E-state index in [1.165, 1.54) is 18.6 Å². The van der Waals surface area contributed by atoms with Gasteiger partial charge in [0.25, 0.3) is 12.3 Å². The van der Waals surface area contributed by atoms with Crippen molar-refractivity contribution in [1.29, 1.82) is 0 Å². The van der Waals surface area contributed by atoms with Crippen molar-refractivity contribution in [2.24, 2.45) is 11.8 Å². The van der Waals surface area contributed by atoms with Crippen LogP contribution in [0.1, 0.15) is 53.1 Å². The van der Waals surface area contributed by atoms with Gasteiger partial charge < -0.3 is 5.32 Å². The van der Waals surface area contributed by atoms with Gasteiger partial charge in [-0.25, -0.2) is 28.1 Å². The second kappa shape index (κ2) is 10.2. The van der Waals surface area contributed by atoms with Gasteiger partial charge in [-0.3, -0.25) is 24.2 Å². The standard InChI is InChI=1S/C27H22ClF3N8O2/c1-12-18(9-34-27(36-12)38-10-14-7-17(14)26(38)41)13(2)39-11-15(8-35-39)37-25(40)23-22(32-5-6-33-23)20-16(24(30)31)3-4-19(28)21(20)29/h3-6,8-9,11,13-14,17,24H,7,10H2,1-2H3,(H,37,40)/t13-,14+,17+/m0/s1. The van der Waals surface area contributed by atoms with Gasteiger partial charge in [0.05, 0.1) is 22.9 Å². The number of piperidine rings is 1. The van der Waals surface area contributed by atoms with Crippen LogP contribution in [0.25, 0.3) is 11.3 Å². The van der Waals surface area contributed by atoms with E-state index in [4.69, 9.17) is 11.6 Å². The first-order valence-electron chi connectivity index (χ1n) is 12.7. The van der Waals surface area contributed by atoms with E-state index in [9.17, 15) is 22.8 Å². The summed E-state index contributed by atoms with van der Waals surface area (Å²) in [6, 6.07) is 1.66. The monoisotopic (exact) mass is 582 g/mol. The first kappa shape index (κ1) is 26.8. The Morgan fingerprint density at radius 2 is 1.93 bits per heavy atom. The molecule has 0 radical (unpaired) electrons. The number of rotatable bonds is 7. The lowest BCUT2D eigenvalue weighted by Gasteiger charge is -2.19. The molecular formula is C27H22ClF3N8O2. The summed E-state index contributed by atoms with van der Waals surface area (Å²) in [4.78, 5) is 44.1. The Morgan fingerprint density at radius 3 is 2.63 bits per heavy atom. The van der Waals surface area contributed by atoms with Crippen LogP contribution in [0, 0.1) is 24.6 Å². The number of halogens is 4. The van der Waals surface area contributed by atoms with Gasteiger partial charge in [-0.2, -0.15) is 5.10 Å². The van der Waals surface area contributed by atoms with Crippen LogP contribution in [0.5, 0.6) is 0 Å². The molecule has 0 bridgehead atoms. The molecule has 210 valence electrons. The number of hydrogen-bond acceptors (Lipinski definition) is 7. The maximum Gasteiger partial charge on any atom is 0.276 e. The molecule has 4 aromatic rings. The average molecular weight is 583 g/mol. The number of nitrogens with zero attached hydrogens (tertiary/aromatic N) is 7. The number of alkyl halides is 2. The lowest BCUT2D eigenvalue weighted by Crippen LogP contribution is -2.30. The summed E-state index contributed by atoms with van der Waals surface area (Å²) < 4.78 is 43.9. The Labute approximate surface area is 236 Å². The Hall–Kier alpha value is -4.39. The summed E-state index contributed by atoms with van der Waals surface area (Å²) in [5.74, 6) is -0.986. The van der Waals surface area contributed by atoms with Crippen LogP contribution in [-0.2, 0) is 4.79 Å². The molecule has 3 aromatic heterocycles. The minimum Gasteiger partial charge on any atom is -0.318 e. The molecule has 14 heteroatoms. The molecule has 1 saturated carbocycles.